The van der Waals surface area contributed by atoms with Gasteiger partial charge in [-0.05, 0) is 36.4 Å². The Morgan fingerprint density at radius 1 is 0.909 bits per heavy atom. The Morgan fingerprint density at radius 2 is 1.55 bits per heavy atom. The van der Waals surface area contributed by atoms with Crippen LogP contribution in [0.2, 0.25) is 0 Å². The number of carbonyl (C=O) groups is 1. The van der Waals surface area contributed by atoms with Crippen molar-refractivity contribution in [2.24, 2.45) is 0 Å². The molecule has 2 aromatic rings. The minimum absolute atomic E-state index is 0.0880. The molecule has 0 aromatic heterocycles. The maximum absolute atomic E-state index is 12.6. The summed E-state index contributed by atoms with van der Waals surface area (Å²) >= 11 is 0. The molecule has 0 amide bonds. The number of ether oxygens (including phenoxy) is 2. The average molecular weight is 294 g/mol. The summed E-state index contributed by atoms with van der Waals surface area (Å²) in [5, 5.41) is 0. The lowest BCUT2D eigenvalue weighted by molar-refractivity contribution is 0.103. The number of hydrogen-bond donors (Lipinski definition) is 0. The fraction of sp³-hybridized carbons (Fsp3) is 0.105. The van der Waals surface area contributed by atoms with E-state index in [-0.39, 0.29) is 5.78 Å². The van der Waals surface area contributed by atoms with E-state index < -0.39 is 0 Å². The molecule has 3 heteroatoms. The van der Waals surface area contributed by atoms with Gasteiger partial charge in [-0.3, -0.25) is 4.79 Å². The van der Waals surface area contributed by atoms with Crippen molar-refractivity contribution in [3.8, 4) is 11.5 Å². The number of ketones is 1. The van der Waals surface area contributed by atoms with E-state index in [0.717, 1.165) is 0 Å². The molecular weight excluding hydrogens is 276 g/mol. The summed E-state index contributed by atoms with van der Waals surface area (Å²) in [7, 11) is 0. The van der Waals surface area contributed by atoms with Crippen molar-refractivity contribution in [3.05, 3.63) is 85.0 Å². The smallest absolute Gasteiger partial charge is 0.196 e. The zero-order valence-corrected chi connectivity index (χ0v) is 12.3. The Bertz CT molecular complexity index is 657. The molecule has 0 unspecified atom stereocenters. The lowest BCUT2D eigenvalue weighted by atomic mass is 10.0. The Balaban J connectivity index is 2.20. The molecule has 3 nitrogen and oxygen atoms in total. The first-order chi connectivity index (χ1) is 10.8. The molecule has 0 aliphatic rings. The van der Waals surface area contributed by atoms with E-state index in [9.17, 15) is 4.79 Å². The highest BCUT2D eigenvalue weighted by atomic mass is 16.5. The van der Waals surface area contributed by atoms with Crippen LogP contribution in [0.15, 0.2) is 73.8 Å². The van der Waals surface area contributed by atoms with Gasteiger partial charge in [-0.25, -0.2) is 0 Å². The van der Waals surface area contributed by atoms with Crippen LogP contribution >= 0.6 is 0 Å². The summed E-state index contributed by atoms with van der Waals surface area (Å²) in [5.41, 5.74) is 1.12. The van der Waals surface area contributed by atoms with E-state index in [2.05, 4.69) is 13.2 Å². The summed E-state index contributed by atoms with van der Waals surface area (Å²) < 4.78 is 10.9. The predicted octanol–water partition coefficient (Wildman–Crippen LogP) is 4.05. The van der Waals surface area contributed by atoms with Crippen LogP contribution in [-0.2, 0) is 0 Å². The van der Waals surface area contributed by atoms with Crippen LogP contribution in [-0.4, -0.2) is 19.0 Å². The van der Waals surface area contributed by atoms with Gasteiger partial charge in [0.05, 0.1) is 5.56 Å². The number of carbonyl (C=O) groups excluding carboxylic acids is 1. The van der Waals surface area contributed by atoms with Gasteiger partial charge in [0.15, 0.2) is 5.78 Å². The first kappa shape index (κ1) is 15.6. The molecule has 2 rings (SSSR count). The van der Waals surface area contributed by atoms with Crippen LogP contribution in [0, 0.1) is 0 Å². The van der Waals surface area contributed by atoms with Crippen molar-refractivity contribution >= 4 is 5.78 Å². The molecule has 0 N–H and O–H groups in total. The van der Waals surface area contributed by atoms with Gasteiger partial charge in [0.1, 0.15) is 24.7 Å². The topological polar surface area (TPSA) is 35.5 Å². The predicted molar refractivity (Wildman–Crippen MR) is 87.7 cm³/mol. The normalized spacial score (nSPS) is 9.82. The Labute approximate surface area is 130 Å². The summed E-state index contributed by atoms with van der Waals surface area (Å²) in [6.07, 6.45) is 3.32. The second kappa shape index (κ2) is 7.84. The zero-order chi connectivity index (χ0) is 15.8. The monoisotopic (exact) mass is 294 g/mol. The molecule has 0 radical (unpaired) electrons. The molecule has 0 heterocycles. The maximum Gasteiger partial charge on any atom is 0.196 e. The Kier molecular flexibility index (Phi) is 5.55. The highest BCUT2D eigenvalue weighted by molar-refractivity contribution is 6.10. The first-order valence-electron chi connectivity index (χ1n) is 6.97. The van der Waals surface area contributed by atoms with Gasteiger partial charge in [0.25, 0.3) is 0 Å². The average Bonchev–Trinajstić information content (AvgIpc) is 2.58. The number of para-hydroxylation sites is 1. The standard InChI is InChI=1S/C19H18O3/c1-3-13-21-16-11-9-15(10-12-16)19(20)17-7-5-6-8-18(17)22-14-4-2/h3-12H,1-2,13-14H2. The second-order valence-electron chi connectivity index (χ2n) is 4.55. The highest BCUT2D eigenvalue weighted by Gasteiger charge is 2.14. The van der Waals surface area contributed by atoms with Crippen LogP contribution in [0.25, 0.3) is 0 Å². The maximum atomic E-state index is 12.6. The van der Waals surface area contributed by atoms with Crippen LogP contribution in [0.5, 0.6) is 11.5 Å². The number of rotatable bonds is 8. The molecule has 0 bridgehead atoms. The molecule has 0 saturated heterocycles. The van der Waals surface area contributed by atoms with Gasteiger partial charge in [-0.1, -0.05) is 37.4 Å². The van der Waals surface area contributed by atoms with Gasteiger partial charge in [0, 0.05) is 5.56 Å². The third kappa shape index (κ3) is 3.85. The van der Waals surface area contributed by atoms with Crippen molar-refractivity contribution in [1.82, 2.24) is 0 Å². The largest absolute Gasteiger partial charge is 0.490 e. The van der Waals surface area contributed by atoms with Gasteiger partial charge >= 0.3 is 0 Å². The molecular formula is C19H18O3. The molecule has 0 aliphatic carbocycles. The third-order valence-corrected chi connectivity index (χ3v) is 2.97. The van der Waals surface area contributed by atoms with Crippen molar-refractivity contribution in [1.29, 1.82) is 0 Å². The van der Waals surface area contributed by atoms with Crippen molar-refractivity contribution in [3.63, 3.8) is 0 Å². The van der Waals surface area contributed by atoms with Crippen molar-refractivity contribution in [2.45, 2.75) is 0 Å². The van der Waals surface area contributed by atoms with E-state index in [0.29, 0.717) is 35.8 Å². The van der Waals surface area contributed by atoms with Crippen LogP contribution in [0.3, 0.4) is 0 Å². The highest BCUT2D eigenvalue weighted by Crippen LogP contribution is 2.23. The van der Waals surface area contributed by atoms with Gasteiger partial charge in [0.2, 0.25) is 0 Å². The minimum Gasteiger partial charge on any atom is -0.490 e. The molecule has 2 aromatic carbocycles. The minimum atomic E-state index is -0.0880. The molecule has 0 atom stereocenters. The third-order valence-electron chi connectivity index (χ3n) is 2.97. The molecule has 0 saturated carbocycles. The van der Waals surface area contributed by atoms with Gasteiger partial charge < -0.3 is 9.47 Å². The van der Waals surface area contributed by atoms with Crippen molar-refractivity contribution in [2.75, 3.05) is 13.2 Å². The fourth-order valence-electron chi connectivity index (χ4n) is 1.94. The summed E-state index contributed by atoms with van der Waals surface area (Å²) in [5.74, 6) is 1.17. The first-order valence-corrected chi connectivity index (χ1v) is 6.97. The van der Waals surface area contributed by atoms with E-state index in [1.165, 1.54) is 0 Å². The van der Waals surface area contributed by atoms with E-state index in [4.69, 9.17) is 9.47 Å². The van der Waals surface area contributed by atoms with Crippen molar-refractivity contribution < 1.29 is 14.3 Å². The van der Waals surface area contributed by atoms with E-state index >= 15 is 0 Å². The zero-order valence-electron chi connectivity index (χ0n) is 12.3. The molecule has 0 aliphatic heterocycles. The van der Waals surface area contributed by atoms with E-state index in [1.54, 1.807) is 48.6 Å². The second-order valence-corrected chi connectivity index (χ2v) is 4.55. The number of hydrogen-bond acceptors (Lipinski definition) is 3. The molecule has 22 heavy (non-hydrogen) atoms. The molecule has 0 fully saturated rings. The summed E-state index contributed by atoms with van der Waals surface area (Å²) in [6.45, 7) is 8.00. The van der Waals surface area contributed by atoms with Crippen LogP contribution in [0.4, 0.5) is 0 Å². The SMILES string of the molecule is C=CCOc1ccc(C(=O)c2ccccc2OCC=C)cc1. The Morgan fingerprint density at radius 3 is 2.23 bits per heavy atom. The van der Waals surface area contributed by atoms with Gasteiger partial charge in [-0.15, -0.1) is 0 Å². The molecule has 112 valence electrons. The number of benzene rings is 2. The lowest BCUT2D eigenvalue weighted by Gasteiger charge is -2.10. The van der Waals surface area contributed by atoms with E-state index in [1.807, 2.05) is 12.1 Å². The fourth-order valence-corrected chi connectivity index (χ4v) is 1.94. The van der Waals surface area contributed by atoms with Crippen LogP contribution in [0.1, 0.15) is 15.9 Å². The Hall–Kier alpha value is -2.81. The summed E-state index contributed by atoms with van der Waals surface area (Å²) in [4.78, 5) is 12.6. The lowest BCUT2D eigenvalue weighted by Crippen LogP contribution is -2.05. The summed E-state index contributed by atoms with van der Waals surface area (Å²) in [6, 6.07) is 14.2. The molecule has 0 spiro atoms. The quantitative estimate of drug-likeness (QED) is 0.544. The van der Waals surface area contributed by atoms with Crippen LogP contribution < -0.4 is 9.47 Å². The van der Waals surface area contributed by atoms with Gasteiger partial charge in [-0.2, -0.15) is 0 Å².